The van der Waals surface area contributed by atoms with Gasteiger partial charge in [-0.3, -0.25) is 0 Å². The molecule has 0 aliphatic rings. The van der Waals surface area contributed by atoms with Crippen LogP contribution in [0.25, 0.3) is 0 Å². The summed E-state index contributed by atoms with van der Waals surface area (Å²) < 4.78 is 0. The molecule has 1 N–H and O–H groups in total. The van der Waals surface area contributed by atoms with Gasteiger partial charge < -0.3 is 5.32 Å². The molecule has 0 radical (unpaired) electrons. The van der Waals surface area contributed by atoms with Crippen molar-refractivity contribution in [2.45, 2.75) is 44.0 Å². The standard InChI is InChI=1S/C12H21N3S/c1-4-5-6-13-9-11(3)16-12-14-7-10(2)8-15-12/h7-8,11,13H,4-6,9H2,1-3H3. The Hall–Kier alpha value is -0.610. The van der Waals surface area contributed by atoms with E-state index in [-0.39, 0.29) is 0 Å². The van der Waals surface area contributed by atoms with E-state index in [4.69, 9.17) is 0 Å². The fraction of sp³-hybridized carbons (Fsp3) is 0.667. The van der Waals surface area contributed by atoms with Crippen LogP contribution in [0.3, 0.4) is 0 Å². The van der Waals surface area contributed by atoms with E-state index in [1.54, 1.807) is 11.8 Å². The summed E-state index contributed by atoms with van der Waals surface area (Å²) in [4.78, 5) is 8.57. The predicted octanol–water partition coefficient (Wildman–Crippen LogP) is 2.66. The zero-order chi connectivity index (χ0) is 11.8. The van der Waals surface area contributed by atoms with Crippen molar-refractivity contribution in [3.8, 4) is 0 Å². The maximum Gasteiger partial charge on any atom is 0.187 e. The SMILES string of the molecule is CCCCNCC(C)Sc1ncc(C)cn1. The Morgan fingerprint density at radius 2 is 2.06 bits per heavy atom. The highest BCUT2D eigenvalue weighted by Crippen LogP contribution is 2.17. The first-order valence-corrected chi connectivity index (χ1v) is 6.76. The Kier molecular flexibility index (Phi) is 6.42. The number of aromatic nitrogens is 2. The van der Waals surface area contributed by atoms with E-state index in [0.717, 1.165) is 23.8 Å². The lowest BCUT2D eigenvalue weighted by molar-refractivity contribution is 0.638. The first kappa shape index (κ1) is 13.5. The molecule has 1 atom stereocenters. The quantitative estimate of drug-likeness (QED) is 0.451. The Morgan fingerprint density at radius 3 is 2.69 bits per heavy atom. The molecular formula is C12H21N3S. The van der Waals surface area contributed by atoms with Crippen molar-refractivity contribution in [2.24, 2.45) is 0 Å². The number of nitrogens with zero attached hydrogens (tertiary/aromatic N) is 2. The smallest absolute Gasteiger partial charge is 0.187 e. The molecule has 0 aliphatic heterocycles. The second kappa shape index (κ2) is 7.63. The lowest BCUT2D eigenvalue weighted by Crippen LogP contribution is -2.23. The van der Waals surface area contributed by atoms with E-state index < -0.39 is 0 Å². The Labute approximate surface area is 102 Å². The van der Waals surface area contributed by atoms with E-state index in [1.165, 1.54) is 12.8 Å². The van der Waals surface area contributed by atoms with Crippen LogP contribution in [-0.2, 0) is 0 Å². The molecule has 3 nitrogen and oxygen atoms in total. The van der Waals surface area contributed by atoms with E-state index >= 15 is 0 Å². The summed E-state index contributed by atoms with van der Waals surface area (Å²) in [5, 5.41) is 4.83. The van der Waals surface area contributed by atoms with Gasteiger partial charge in [0, 0.05) is 24.2 Å². The highest BCUT2D eigenvalue weighted by Gasteiger charge is 2.05. The Balaban J connectivity index is 2.23. The monoisotopic (exact) mass is 239 g/mol. The van der Waals surface area contributed by atoms with Crippen LogP contribution in [0.2, 0.25) is 0 Å². The minimum absolute atomic E-state index is 0.513. The molecule has 0 fully saturated rings. The number of hydrogen-bond donors (Lipinski definition) is 1. The summed E-state index contributed by atoms with van der Waals surface area (Å²) in [5.41, 5.74) is 1.11. The average molecular weight is 239 g/mol. The highest BCUT2D eigenvalue weighted by molar-refractivity contribution is 7.99. The van der Waals surface area contributed by atoms with Crippen molar-refractivity contribution in [2.75, 3.05) is 13.1 Å². The molecule has 1 heterocycles. The van der Waals surface area contributed by atoms with Gasteiger partial charge in [-0.05, 0) is 25.5 Å². The molecule has 1 aromatic heterocycles. The molecule has 0 aromatic carbocycles. The molecule has 0 saturated heterocycles. The van der Waals surface area contributed by atoms with Gasteiger partial charge in [-0.2, -0.15) is 0 Å². The molecule has 4 heteroatoms. The third-order valence-corrected chi connectivity index (χ3v) is 3.19. The second-order valence-electron chi connectivity index (χ2n) is 4.03. The van der Waals surface area contributed by atoms with E-state index in [9.17, 15) is 0 Å². The van der Waals surface area contributed by atoms with Crippen LogP contribution < -0.4 is 5.32 Å². The molecule has 0 amide bonds. The van der Waals surface area contributed by atoms with Crippen LogP contribution in [0.5, 0.6) is 0 Å². The molecule has 1 unspecified atom stereocenters. The third-order valence-electron chi connectivity index (χ3n) is 2.20. The van der Waals surface area contributed by atoms with E-state index in [1.807, 2.05) is 19.3 Å². The zero-order valence-corrected chi connectivity index (χ0v) is 11.2. The third kappa shape index (κ3) is 5.47. The van der Waals surface area contributed by atoms with Gasteiger partial charge in [-0.25, -0.2) is 9.97 Å². The first-order valence-electron chi connectivity index (χ1n) is 5.88. The topological polar surface area (TPSA) is 37.8 Å². The summed E-state index contributed by atoms with van der Waals surface area (Å²) in [7, 11) is 0. The van der Waals surface area contributed by atoms with Crippen molar-refractivity contribution in [3.05, 3.63) is 18.0 Å². The van der Waals surface area contributed by atoms with Crippen molar-refractivity contribution < 1.29 is 0 Å². The van der Waals surface area contributed by atoms with Gasteiger partial charge in [0.1, 0.15) is 0 Å². The van der Waals surface area contributed by atoms with Gasteiger partial charge in [0.05, 0.1) is 0 Å². The van der Waals surface area contributed by atoms with Gasteiger partial charge in [0.15, 0.2) is 5.16 Å². The molecule has 0 spiro atoms. The molecular weight excluding hydrogens is 218 g/mol. The summed E-state index contributed by atoms with van der Waals surface area (Å²) in [6, 6.07) is 0. The molecule has 1 rings (SSSR count). The number of hydrogen-bond acceptors (Lipinski definition) is 4. The van der Waals surface area contributed by atoms with Crippen LogP contribution in [0.4, 0.5) is 0 Å². The number of rotatable bonds is 7. The lowest BCUT2D eigenvalue weighted by atomic mass is 10.3. The van der Waals surface area contributed by atoms with Crippen molar-refractivity contribution in [1.29, 1.82) is 0 Å². The maximum atomic E-state index is 4.29. The van der Waals surface area contributed by atoms with Crippen LogP contribution in [0.1, 0.15) is 32.3 Å². The fourth-order valence-electron chi connectivity index (χ4n) is 1.27. The van der Waals surface area contributed by atoms with Gasteiger partial charge in [0.25, 0.3) is 0 Å². The number of nitrogens with one attached hydrogen (secondary N) is 1. The minimum atomic E-state index is 0.513. The van der Waals surface area contributed by atoms with Crippen LogP contribution in [-0.4, -0.2) is 28.3 Å². The van der Waals surface area contributed by atoms with Gasteiger partial charge in [0.2, 0.25) is 0 Å². The van der Waals surface area contributed by atoms with Crippen LogP contribution >= 0.6 is 11.8 Å². The fourth-order valence-corrected chi connectivity index (χ4v) is 2.06. The van der Waals surface area contributed by atoms with Crippen molar-refractivity contribution >= 4 is 11.8 Å². The summed E-state index contributed by atoms with van der Waals surface area (Å²) in [5.74, 6) is 0. The first-order chi connectivity index (χ1) is 7.72. The Morgan fingerprint density at radius 1 is 1.38 bits per heavy atom. The lowest BCUT2D eigenvalue weighted by Gasteiger charge is -2.10. The largest absolute Gasteiger partial charge is 0.316 e. The molecule has 16 heavy (non-hydrogen) atoms. The summed E-state index contributed by atoms with van der Waals surface area (Å²) >= 11 is 1.73. The van der Waals surface area contributed by atoms with Gasteiger partial charge >= 0.3 is 0 Å². The highest BCUT2D eigenvalue weighted by atomic mass is 32.2. The number of aryl methyl sites for hydroxylation is 1. The minimum Gasteiger partial charge on any atom is -0.316 e. The zero-order valence-electron chi connectivity index (χ0n) is 10.4. The number of thioether (sulfide) groups is 1. The van der Waals surface area contributed by atoms with E-state index in [2.05, 4.69) is 29.1 Å². The molecule has 0 aliphatic carbocycles. The van der Waals surface area contributed by atoms with Gasteiger partial charge in [-0.15, -0.1) is 0 Å². The van der Waals surface area contributed by atoms with Gasteiger partial charge in [-0.1, -0.05) is 32.0 Å². The van der Waals surface area contributed by atoms with E-state index in [0.29, 0.717) is 5.25 Å². The Bertz CT molecular complexity index is 287. The van der Waals surface area contributed by atoms with Crippen molar-refractivity contribution in [3.63, 3.8) is 0 Å². The average Bonchev–Trinajstić information content (AvgIpc) is 2.28. The number of unbranched alkanes of at least 4 members (excludes halogenated alkanes) is 1. The maximum absolute atomic E-state index is 4.29. The second-order valence-corrected chi connectivity index (χ2v) is 5.43. The summed E-state index contributed by atoms with van der Waals surface area (Å²) in [6.07, 6.45) is 6.23. The van der Waals surface area contributed by atoms with Crippen molar-refractivity contribution in [1.82, 2.24) is 15.3 Å². The van der Waals surface area contributed by atoms with Crippen LogP contribution in [0, 0.1) is 6.92 Å². The normalized spacial score (nSPS) is 12.7. The molecule has 0 bridgehead atoms. The predicted molar refractivity (Wildman–Crippen MR) is 69.9 cm³/mol. The summed E-state index contributed by atoms with van der Waals surface area (Å²) in [6.45, 7) is 8.54. The molecule has 0 saturated carbocycles. The molecule has 1 aromatic rings. The molecule has 90 valence electrons. The van der Waals surface area contributed by atoms with Crippen LogP contribution in [0.15, 0.2) is 17.6 Å².